The Balaban J connectivity index is 2.67. The lowest BCUT2D eigenvalue weighted by Gasteiger charge is -2.16. The molecule has 4 heteroatoms. The molecule has 0 aliphatic carbocycles. The summed E-state index contributed by atoms with van der Waals surface area (Å²) in [5.41, 5.74) is 8.03. The topological polar surface area (TPSA) is 57.2 Å². The standard InChI is InChI=1S/C16H20N2O2/c1-3-10-18-14(9-8-12(11-17)16(18)19)13-6-4-5-7-15(13)20-2/h4-9H,3,10-11,17H2,1-2H3. The van der Waals surface area contributed by atoms with E-state index in [0.717, 1.165) is 23.4 Å². The Morgan fingerprint density at radius 3 is 2.60 bits per heavy atom. The van der Waals surface area contributed by atoms with Crippen LogP contribution in [0.5, 0.6) is 5.75 Å². The molecule has 0 aliphatic rings. The molecule has 0 atom stereocenters. The van der Waals surface area contributed by atoms with Crippen LogP contribution >= 0.6 is 0 Å². The molecular formula is C16H20N2O2. The van der Waals surface area contributed by atoms with Crippen LogP contribution in [0.2, 0.25) is 0 Å². The number of para-hydroxylation sites is 1. The van der Waals surface area contributed by atoms with E-state index in [1.165, 1.54) is 0 Å². The fraction of sp³-hybridized carbons (Fsp3) is 0.312. The highest BCUT2D eigenvalue weighted by molar-refractivity contribution is 5.67. The second kappa shape index (κ2) is 6.39. The molecule has 106 valence electrons. The summed E-state index contributed by atoms with van der Waals surface area (Å²) in [5.74, 6) is 0.761. The summed E-state index contributed by atoms with van der Waals surface area (Å²) in [6, 6.07) is 11.5. The molecule has 0 fully saturated rings. The van der Waals surface area contributed by atoms with Crippen molar-refractivity contribution >= 4 is 0 Å². The smallest absolute Gasteiger partial charge is 0.255 e. The molecule has 1 aromatic carbocycles. The molecule has 0 saturated heterocycles. The minimum Gasteiger partial charge on any atom is -0.496 e. The summed E-state index contributed by atoms with van der Waals surface area (Å²) in [6.45, 7) is 2.97. The normalized spacial score (nSPS) is 10.6. The molecule has 1 aromatic heterocycles. The summed E-state index contributed by atoms with van der Waals surface area (Å²) >= 11 is 0. The summed E-state index contributed by atoms with van der Waals surface area (Å²) in [6.07, 6.45) is 0.885. The first-order chi connectivity index (χ1) is 9.72. The van der Waals surface area contributed by atoms with Gasteiger partial charge < -0.3 is 15.0 Å². The third-order valence-corrected chi connectivity index (χ3v) is 3.30. The zero-order chi connectivity index (χ0) is 14.5. The van der Waals surface area contributed by atoms with Gasteiger partial charge in [0, 0.05) is 24.2 Å². The molecule has 0 unspecified atom stereocenters. The second-order valence-corrected chi connectivity index (χ2v) is 4.61. The van der Waals surface area contributed by atoms with Crippen molar-refractivity contribution in [2.24, 2.45) is 5.73 Å². The third kappa shape index (κ3) is 2.60. The lowest BCUT2D eigenvalue weighted by atomic mass is 10.1. The van der Waals surface area contributed by atoms with Gasteiger partial charge in [0.2, 0.25) is 0 Å². The van der Waals surface area contributed by atoms with Crippen molar-refractivity contribution in [3.63, 3.8) is 0 Å². The van der Waals surface area contributed by atoms with Crippen LogP contribution in [0.3, 0.4) is 0 Å². The van der Waals surface area contributed by atoms with E-state index in [1.807, 2.05) is 37.3 Å². The average molecular weight is 272 g/mol. The lowest BCUT2D eigenvalue weighted by molar-refractivity contribution is 0.416. The molecule has 0 spiro atoms. The third-order valence-electron chi connectivity index (χ3n) is 3.30. The van der Waals surface area contributed by atoms with E-state index in [9.17, 15) is 4.79 Å². The number of aromatic nitrogens is 1. The van der Waals surface area contributed by atoms with Gasteiger partial charge in [-0.25, -0.2) is 0 Å². The Morgan fingerprint density at radius 1 is 1.20 bits per heavy atom. The predicted molar refractivity (Wildman–Crippen MR) is 80.9 cm³/mol. The Labute approximate surface area is 118 Å². The first kappa shape index (κ1) is 14.3. The highest BCUT2D eigenvalue weighted by Crippen LogP contribution is 2.29. The molecule has 0 radical (unpaired) electrons. The molecule has 0 saturated carbocycles. The summed E-state index contributed by atoms with van der Waals surface area (Å²) < 4.78 is 7.17. The number of ether oxygens (including phenoxy) is 1. The van der Waals surface area contributed by atoms with E-state index in [4.69, 9.17) is 10.5 Å². The first-order valence-electron chi connectivity index (χ1n) is 6.79. The molecule has 1 heterocycles. The fourth-order valence-electron chi connectivity index (χ4n) is 2.32. The molecule has 0 amide bonds. The van der Waals surface area contributed by atoms with Gasteiger partial charge in [-0.05, 0) is 24.6 Å². The molecule has 2 rings (SSSR count). The van der Waals surface area contributed by atoms with Gasteiger partial charge in [-0.1, -0.05) is 25.1 Å². The van der Waals surface area contributed by atoms with E-state index in [1.54, 1.807) is 17.7 Å². The lowest BCUT2D eigenvalue weighted by Crippen LogP contribution is -2.26. The van der Waals surface area contributed by atoms with E-state index < -0.39 is 0 Å². The summed E-state index contributed by atoms with van der Waals surface area (Å²) in [5, 5.41) is 0. The van der Waals surface area contributed by atoms with Gasteiger partial charge in [0.05, 0.1) is 12.8 Å². The Hall–Kier alpha value is -2.07. The van der Waals surface area contributed by atoms with Crippen LogP contribution < -0.4 is 16.0 Å². The molecule has 4 nitrogen and oxygen atoms in total. The van der Waals surface area contributed by atoms with Gasteiger partial charge in [0.1, 0.15) is 5.75 Å². The number of methoxy groups -OCH3 is 1. The Bertz CT molecular complexity index is 647. The Morgan fingerprint density at radius 2 is 1.95 bits per heavy atom. The number of nitrogens with zero attached hydrogens (tertiary/aromatic N) is 1. The monoisotopic (exact) mass is 272 g/mol. The number of hydrogen-bond acceptors (Lipinski definition) is 3. The van der Waals surface area contributed by atoms with Gasteiger partial charge in [0.15, 0.2) is 0 Å². The van der Waals surface area contributed by atoms with Crippen molar-refractivity contribution in [1.82, 2.24) is 4.57 Å². The van der Waals surface area contributed by atoms with Crippen LogP contribution in [-0.2, 0) is 13.1 Å². The largest absolute Gasteiger partial charge is 0.496 e. The molecule has 0 aliphatic heterocycles. The number of rotatable bonds is 5. The predicted octanol–water partition coefficient (Wildman–Crippen LogP) is 2.39. The summed E-state index contributed by atoms with van der Waals surface area (Å²) in [4.78, 5) is 12.4. The zero-order valence-corrected chi connectivity index (χ0v) is 11.9. The van der Waals surface area contributed by atoms with Gasteiger partial charge >= 0.3 is 0 Å². The number of nitrogens with two attached hydrogens (primary N) is 1. The Kier molecular flexibility index (Phi) is 4.58. The van der Waals surface area contributed by atoms with E-state index in [0.29, 0.717) is 12.1 Å². The maximum atomic E-state index is 12.4. The van der Waals surface area contributed by atoms with E-state index >= 15 is 0 Å². The van der Waals surface area contributed by atoms with Crippen molar-refractivity contribution in [2.75, 3.05) is 7.11 Å². The fourth-order valence-corrected chi connectivity index (χ4v) is 2.32. The van der Waals surface area contributed by atoms with Crippen molar-refractivity contribution in [2.45, 2.75) is 26.4 Å². The molecular weight excluding hydrogens is 252 g/mol. The van der Waals surface area contributed by atoms with Gasteiger partial charge in [-0.2, -0.15) is 0 Å². The quantitative estimate of drug-likeness (QED) is 0.909. The first-order valence-corrected chi connectivity index (χ1v) is 6.79. The maximum Gasteiger partial charge on any atom is 0.255 e. The SMILES string of the molecule is CCCn1c(-c2ccccc2OC)ccc(CN)c1=O. The van der Waals surface area contributed by atoms with Crippen LogP contribution in [0.4, 0.5) is 0 Å². The van der Waals surface area contributed by atoms with Crippen LogP contribution in [0.15, 0.2) is 41.2 Å². The van der Waals surface area contributed by atoms with Crippen molar-refractivity contribution in [3.05, 3.63) is 52.3 Å². The number of benzene rings is 1. The van der Waals surface area contributed by atoms with Crippen molar-refractivity contribution < 1.29 is 4.74 Å². The molecule has 20 heavy (non-hydrogen) atoms. The van der Waals surface area contributed by atoms with Gasteiger partial charge in [0.25, 0.3) is 5.56 Å². The second-order valence-electron chi connectivity index (χ2n) is 4.61. The van der Waals surface area contributed by atoms with Crippen LogP contribution in [0.25, 0.3) is 11.3 Å². The van der Waals surface area contributed by atoms with Crippen LogP contribution in [0.1, 0.15) is 18.9 Å². The average Bonchev–Trinajstić information content (AvgIpc) is 2.49. The molecule has 0 bridgehead atoms. The highest BCUT2D eigenvalue weighted by Gasteiger charge is 2.12. The van der Waals surface area contributed by atoms with Crippen LogP contribution in [0, 0.1) is 0 Å². The minimum atomic E-state index is -0.0160. The zero-order valence-electron chi connectivity index (χ0n) is 11.9. The molecule has 2 aromatic rings. The van der Waals surface area contributed by atoms with Crippen molar-refractivity contribution in [1.29, 1.82) is 0 Å². The maximum absolute atomic E-state index is 12.4. The highest BCUT2D eigenvalue weighted by atomic mass is 16.5. The van der Waals surface area contributed by atoms with Gasteiger partial charge in [-0.15, -0.1) is 0 Å². The van der Waals surface area contributed by atoms with E-state index in [-0.39, 0.29) is 12.1 Å². The number of hydrogen-bond donors (Lipinski definition) is 1. The minimum absolute atomic E-state index is 0.0160. The van der Waals surface area contributed by atoms with Gasteiger partial charge in [-0.3, -0.25) is 4.79 Å². The number of pyridine rings is 1. The molecule has 2 N–H and O–H groups in total. The van der Waals surface area contributed by atoms with Crippen molar-refractivity contribution in [3.8, 4) is 17.0 Å². The summed E-state index contributed by atoms with van der Waals surface area (Å²) in [7, 11) is 1.63. The van der Waals surface area contributed by atoms with E-state index in [2.05, 4.69) is 0 Å². The van der Waals surface area contributed by atoms with Crippen LogP contribution in [-0.4, -0.2) is 11.7 Å².